The minimum Gasteiger partial charge on any atom is -0.459 e. The lowest BCUT2D eigenvalue weighted by Crippen LogP contribution is -2.60. The molecule has 0 aliphatic carbocycles. The van der Waals surface area contributed by atoms with Crippen LogP contribution in [0.2, 0.25) is 0 Å². The van der Waals surface area contributed by atoms with Crippen LogP contribution in [-0.4, -0.2) is 151 Å². The van der Waals surface area contributed by atoms with Crippen LogP contribution < -0.4 is 21.3 Å². The maximum Gasteiger partial charge on any atom is 0.328 e. The molecule has 0 fully saturated rings. The molecule has 75 heavy (non-hydrogen) atoms. The molecule has 412 valence electrons. The van der Waals surface area contributed by atoms with Crippen molar-refractivity contribution in [2.24, 2.45) is 23.7 Å². The summed E-state index contributed by atoms with van der Waals surface area (Å²) in [5, 5.41) is 22.4. The van der Waals surface area contributed by atoms with Gasteiger partial charge in [-0.1, -0.05) is 140 Å². The Kier molecular flexibility index (Phi) is 25.8. The number of aliphatic hydroxyl groups is 1. The van der Waals surface area contributed by atoms with Crippen molar-refractivity contribution in [1.82, 2.24) is 36.0 Å². The van der Waals surface area contributed by atoms with Crippen LogP contribution in [0.1, 0.15) is 109 Å². The van der Waals surface area contributed by atoms with Crippen molar-refractivity contribution in [2.75, 3.05) is 41.3 Å². The maximum absolute atomic E-state index is 14.3. The molecule has 0 unspecified atom stereocenters. The molecule has 6 amide bonds. The van der Waals surface area contributed by atoms with E-state index in [1.807, 2.05) is 76.2 Å². The van der Waals surface area contributed by atoms with Crippen LogP contribution >= 0.6 is 0 Å². The van der Waals surface area contributed by atoms with E-state index < -0.39 is 102 Å². The first-order chi connectivity index (χ1) is 35.4. The van der Waals surface area contributed by atoms with Crippen molar-refractivity contribution in [1.29, 1.82) is 0 Å². The number of esters is 1. The van der Waals surface area contributed by atoms with Crippen LogP contribution in [0.4, 0.5) is 0 Å². The summed E-state index contributed by atoms with van der Waals surface area (Å²) >= 11 is 0. The predicted molar refractivity (Wildman–Crippen MR) is 286 cm³/mol. The van der Waals surface area contributed by atoms with Crippen LogP contribution in [0, 0.1) is 23.7 Å². The number of carbonyl (C=O) groups is 8. The van der Waals surface area contributed by atoms with Gasteiger partial charge in [0.15, 0.2) is 5.78 Å². The second-order valence-electron chi connectivity index (χ2n) is 20.6. The first-order valence-corrected chi connectivity index (χ1v) is 25.9. The summed E-state index contributed by atoms with van der Waals surface area (Å²) in [6, 6.07) is 18.8. The molecule has 3 aromatic carbocycles. The second kappa shape index (κ2) is 30.8. The van der Waals surface area contributed by atoms with Gasteiger partial charge in [-0.15, -0.1) is 0 Å². The molecule has 3 aromatic rings. The van der Waals surface area contributed by atoms with E-state index in [9.17, 15) is 43.5 Å². The summed E-state index contributed by atoms with van der Waals surface area (Å²) in [6.45, 7) is 15.9. The smallest absolute Gasteiger partial charge is 0.328 e. The molecule has 0 bridgehead atoms. The van der Waals surface area contributed by atoms with Gasteiger partial charge < -0.3 is 50.5 Å². The van der Waals surface area contributed by atoms with E-state index >= 15 is 0 Å². The predicted octanol–water partition coefficient (Wildman–Crippen LogP) is 4.51. The lowest BCUT2D eigenvalue weighted by atomic mass is 9.97. The van der Waals surface area contributed by atoms with Gasteiger partial charge in [-0.25, -0.2) is 4.79 Å². The first-order valence-electron chi connectivity index (χ1n) is 25.9. The molecule has 0 saturated carbocycles. The van der Waals surface area contributed by atoms with E-state index in [4.69, 9.17) is 9.47 Å². The van der Waals surface area contributed by atoms with Crippen LogP contribution in [0.25, 0.3) is 0 Å². The monoisotopic (exact) mass is 1040 g/mol. The van der Waals surface area contributed by atoms with Gasteiger partial charge in [0.1, 0.15) is 42.9 Å². The SMILES string of the molecule is CC[C@H](NC(=O)[C@@H](NC)[C@H](O)[C@H](C)COCc1ccc(C(=O)c2ccccc2)cc1)C(=O)N(C)CC(=O)N(C)[C@@H](CC(C)C)C(=O)N[C@H](C(=O)N(C)[C@@H](CC(C)C)C(=O)N[C@@H](C)C(=O)OCc1ccccc1)C(C)C. The number of carbonyl (C=O) groups excluding carboxylic acids is 8. The molecule has 0 aromatic heterocycles. The van der Waals surface area contributed by atoms with E-state index in [1.54, 1.807) is 64.1 Å². The van der Waals surface area contributed by atoms with Crippen LogP contribution in [0.15, 0.2) is 84.9 Å². The molecule has 8 atom stereocenters. The largest absolute Gasteiger partial charge is 0.459 e. The fourth-order valence-electron chi connectivity index (χ4n) is 8.32. The highest BCUT2D eigenvalue weighted by atomic mass is 16.5. The van der Waals surface area contributed by atoms with Gasteiger partial charge in [-0.05, 0) is 62.1 Å². The molecule has 0 saturated heterocycles. The standard InChI is InChI=1S/C57H83N7O11/c1-14-44(60-54(70)49(58-10)50(66)38(8)32-74-33-41-25-27-43(28-26-41)51(67)42-23-19-16-20-24-42)55(71)62(11)31-47(65)63(12)45(29-35(2)3)53(69)61-48(37(6)7)56(72)64(13)46(30-36(4)5)52(68)59-39(9)57(73)75-34-40-21-17-15-18-22-40/h15-28,35-39,44-46,48-50,58,66H,14,29-34H2,1-13H3,(H,59,68)(H,60,70)(H,61,69)/t38-,39+,44+,45+,46+,48+,49+,50-/m1/s1. The van der Waals surface area contributed by atoms with Crippen molar-refractivity contribution < 1.29 is 52.9 Å². The Morgan fingerprint density at radius 1 is 0.600 bits per heavy atom. The van der Waals surface area contributed by atoms with E-state index in [1.165, 1.54) is 49.8 Å². The first kappa shape index (κ1) is 62.8. The summed E-state index contributed by atoms with van der Waals surface area (Å²) in [5.74, 6) is -5.28. The van der Waals surface area contributed by atoms with Gasteiger partial charge >= 0.3 is 5.97 Å². The number of amides is 6. The zero-order valence-corrected chi connectivity index (χ0v) is 46.3. The summed E-state index contributed by atoms with van der Waals surface area (Å²) < 4.78 is 11.3. The van der Waals surface area contributed by atoms with E-state index in [0.29, 0.717) is 11.1 Å². The normalized spacial score (nSPS) is 14.6. The number of likely N-dealkylation sites (N-methyl/N-ethyl adjacent to an activating group) is 4. The Hall–Kier alpha value is -6.50. The van der Waals surface area contributed by atoms with Crippen molar-refractivity contribution in [2.45, 2.75) is 137 Å². The lowest BCUT2D eigenvalue weighted by molar-refractivity contribution is -0.150. The van der Waals surface area contributed by atoms with Crippen LogP contribution in [0.3, 0.4) is 0 Å². The van der Waals surface area contributed by atoms with Gasteiger partial charge in [-0.3, -0.25) is 33.6 Å². The minimum absolute atomic E-state index is 0.0279. The van der Waals surface area contributed by atoms with Crippen molar-refractivity contribution >= 4 is 47.2 Å². The number of nitrogens with one attached hydrogen (secondary N) is 4. The molecule has 0 aliphatic heterocycles. The molecule has 0 spiro atoms. The maximum atomic E-state index is 14.3. The number of nitrogens with zero attached hydrogens (tertiary/aromatic N) is 3. The third-order valence-corrected chi connectivity index (χ3v) is 13.0. The van der Waals surface area contributed by atoms with Crippen molar-refractivity contribution in [3.05, 3.63) is 107 Å². The third kappa shape index (κ3) is 19.3. The highest BCUT2D eigenvalue weighted by molar-refractivity contribution is 6.09. The molecular formula is C57H83N7O11. The fraction of sp³-hybridized carbons (Fsp3) is 0.544. The fourth-order valence-corrected chi connectivity index (χ4v) is 8.32. The molecule has 5 N–H and O–H groups in total. The van der Waals surface area contributed by atoms with Crippen LogP contribution in [0.5, 0.6) is 0 Å². The van der Waals surface area contributed by atoms with Gasteiger partial charge in [0.05, 0.1) is 25.9 Å². The molecule has 0 aliphatic rings. The summed E-state index contributed by atoms with van der Waals surface area (Å²) in [7, 11) is 5.87. The molecule has 18 nitrogen and oxygen atoms in total. The van der Waals surface area contributed by atoms with E-state index in [-0.39, 0.29) is 56.7 Å². The third-order valence-electron chi connectivity index (χ3n) is 13.0. The van der Waals surface area contributed by atoms with E-state index in [0.717, 1.165) is 11.1 Å². The number of hydrogen-bond acceptors (Lipinski definition) is 12. The Morgan fingerprint density at radius 3 is 1.65 bits per heavy atom. The number of hydrogen-bond donors (Lipinski definition) is 5. The molecule has 3 rings (SSSR count). The average molecular weight is 1040 g/mol. The van der Waals surface area contributed by atoms with Gasteiger partial charge in [0.25, 0.3) is 0 Å². The lowest BCUT2D eigenvalue weighted by Gasteiger charge is -2.35. The Labute approximate surface area is 444 Å². The zero-order valence-electron chi connectivity index (χ0n) is 46.3. The Morgan fingerprint density at radius 2 is 1.12 bits per heavy atom. The van der Waals surface area contributed by atoms with Crippen LogP contribution in [-0.2, 0) is 56.2 Å². The molecule has 0 radical (unpaired) electrons. The van der Waals surface area contributed by atoms with Gasteiger partial charge in [-0.2, -0.15) is 0 Å². The Balaban J connectivity index is 1.62. The number of ether oxygens (including phenoxy) is 2. The summed E-state index contributed by atoms with van der Waals surface area (Å²) in [4.78, 5) is 113. The van der Waals surface area contributed by atoms with Crippen molar-refractivity contribution in [3.63, 3.8) is 0 Å². The van der Waals surface area contributed by atoms with Gasteiger partial charge in [0.2, 0.25) is 35.4 Å². The second-order valence-corrected chi connectivity index (χ2v) is 20.6. The van der Waals surface area contributed by atoms with Gasteiger partial charge in [0, 0.05) is 38.2 Å². The summed E-state index contributed by atoms with van der Waals surface area (Å²) in [6.07, 6.45) is -0.578. The topological polar surface area (TPSA) is 233 Å². The number of ketones is 1. The number of rotatable bonds is 30. The highest BCUT2D eigenvalue weighted by Crippen LogP contribution is 2.19. The Bertz CT molecular complexity index is 2330. The average Bonchev–Trinajstić information content (AvgIpc) is 3.38. The highest BCUT2D eigenvalue weighted by Gasteiger charge is 2.38. The molecule has 0 heterocycles. The molecular weight excluding hydrogens is 959 g/mol. The summed E-state index contributed by atoms with van der Waals surface area (Å²) in [5.41, 5.74) is 2.74. The zero-order chi connectivity index (χ0) is 56.1. The minimum atomic E-state index is -1.21. The number of aliphatic hydroxyl groups excluding tert-OH is 1. The molecule has 18 heteroatoms. The van der Waals surface area contributed by atoms with E-state index in [2.05, 4.69) is 21.3 Å². The quantitative estimate of drug-likeness (QED) is 0.0459. The number of benzene rings is 3. The van der Waals surface area contributed by atoms with Crippen molar-refractivity contribution in [3.8, 4) is 0 Å².